The molecule has 0 N–H and O–H groups in total. The third kappa shape index (κ3) is 4.37. The first kappa shape index (κ1) is 26.1. The maximum atomic E-state index is 5.09. The molecule has 0 spiro atoms. The van der Waals surface area contributed by atoms with E-state index in [-0.39, 0.29) is 0 Å². The van der Waals surface area contributed by atoms with E-state index in [0.29, 0.717) is 0 Å². The zero-order valence-electron chi connectivity index (χ0n) is 24.8. The minimum atomic E-state index is 0.812. The molecule has 5 heteroatoms. The van der Waals surface area contributed by atoms with Gasteiger partial charge in [-0.05, 0) is 106 Å². The summed E-state index contributed by atoms with van der Waals surface area (Å²) in [6.45, 7) is 0. The van der Waals surface area contributed by atoms with Gasteiger partial charge < -0.3 is 4.90 Å². The molecule has 6 aromatic carbocycles. The Hall–Kier alpha value is -6.33. The van der Waals surface area contributed by atoms with Crippen LogP contribution in [0.5, 0.6) is 0 Å². The summed E-state index contributed by atoms with van der Waals surface area (Å²) < 4.78 is 2.15. The molecule has 0 fully saturated rings. The number of hydrogen-bond acceptors (Lipinski definition) is 4. The lowest BCUT2D eigenvalue weighted by molar-refractivity contribution is 1.09. The molecule has 0 amide bonds. The molecule has 3 aromatic heterocycles. The van der Waals surface area contributed by atoms with Crippen LogP contribution in [0.1, 0.15) is 0 Å². The number of imidazole rings is 1. The highest BCUT2D eigenvalue weighted by atomic mass is 15.1. The molecule has 3 heterocycles. The van der Waals surface area contributed by atoms with Crippen molar-refractivity contribution in [3.05, 3.63) is 164 Å². The van der Waals surface area contributed by atoms with Crippen molar-refractivity contribution in [1.82, 2.24) is 19.5 Å². The highest BCUT2D eigenvalue weighted by Gasteiger charge is 2.19. The van der Waals surface area contributed by atoms with E-state index in [4.69, 9.17) is 9.97 Å². The lowest BCUT2D eigenvalue weighted by Gasteiger charge is -2.26. The zero-order valence-corrected chi connectivity index (χ0v) is 24.8. The van der Waals surface area contributed by atoms with Gasteiger partial charge in [0.15, 0.2) is 5.65 Å². The van der Waals surface area contributed by atoms with Crippen molar-refractivity contribution in [3.63, 3.8) is 0 Å². The quantitative estimate of drug-likeness (QED) is 0.200. The van der Waals surface area contributed by atoms with Gasteiger partial charge in [0.2, 0.25) is 0 Å². The van der Waals surface area contributed by atoms with Crippen molar-refractivity contribution in [2.45, 2.75) is 0 Å². The van der Waals surface area contributed by atoms with E-state index in [9.17, 15) is 0 Å². The van der Waals surface area contributed by atoms with Crippen molar-refractivity contribution < 1.29 is 0 Å². The smallest absolute Gasteiger partial charge is 0.164 e. The summed E-state index contributed by atoms with van der Waals surface area (Å²) in [6.07, 6.45) is 3.65. The fourth-order valence-corrected chi connectivity index (χ4v) is 6.45. The van der Waals surface area contributed by atoms with Crippen LogP contribution in [-0.4, -0.2) is 19.5 Å². The number of nitrogens with zero attached hydrogens (tertiary/aromatic N) is 5. The molecular formula is C41H27N5. The minimum Gasteiger partial charge on any atom is -0.310 e. The van der Waals surface area contributed by atoms with Crippen molar-refractivity contribution in [1.29, 1.82) is 0 Å². The van der Waals surface area contributed by atoms with Gasteiger partial charge >= 0.3 is 0 Å². The Bertz CT molecular complexity index is 2460. The highest BCUT2D eigenvalue weighted by Crippen LogP contribution is 2.39. The first-order valence-electron chi connectivity index (χ1n) is 15.4. The van der Waals surface area contributed by atoms with E-state index in [1.807, 2.05) is 42.7 Å². The Balaban J connectivity index is 1.21. The Kier molecular flexibility index (Phi) is 6.06. The monoisotopic (exact) mass is 589 g/mol. The molecule has 0 aliphatic rings. The second-order valence-corrected chi connectivity index (χ2v) is 11.4. The number of benzene rings is 6. The first-order chi connectivity index (χ1) is 22.8. The fraction of sp³-hybridized carbons (Fsp3) is 0. The largest absolute Gasteiger partial charge is 0.310 e. The van der Waals surface area contributed by atoms with Gasteiger partial charge in [0.1, 0.15) is 11.3 Å². The molecule has 9 aromatic rings. The first-order valence-corrected chi connectivity index (χ1v) is 15.4. The normalized spacial score (nSPS) is 11.5. The van der Waals surface area contributed by atoms with E-state index >= 15 is 0 Å². The summed E-state index contributed by atoms with van der Waals surface area (Å²) in [6, 6.07) is 53.2. The van der Waals surface area contributed by atoms with Crippen LogP contribution in [0.4, 0.5) is 17.1 Å². The van der Waals surface area contributed by atoms with Crippen LogP contribution >= 0.6 is 0 Å². The maximum Gasteiger partial charge on any atom is 0.164 e. The molecule has 0 atom stereocenters. The number of rotatable bonds is 5. The van der Waals surface area contributed by atoms with Gasteiger partial charge in [-0.15, -0.1) is 0 Å². The molecule has 0 aliphatic heterocycles. The van der Waals surface area contributed by atoms with Gasteiger partial charge in [0.05, 0.1) is 11.2 Å². The van der Waals surface area contributed by atoms with Crippen LogP contribution in [0.25, 0.3) is 60.7 Å². The highest BCUT2D eigenvalue weighted by molar-refractivity contribution is 5.94. The molecule has 0 saturated heterocycles. The fourth-order valence-electron chi connectivity index (χ4n) is 6.45. The molecule has 5 nitrogen and oxygen atoms in total. The average molecular weight is 590 g/mol. The predicted molar refractivity (Wildman–Crippen MR) is 189 cm³/mol. The maximum absolute atomic E-state index is 5.09. The van der Waals surface area contributed by atoms with E-state index in [2.05, 4.69) is 136 Å². The standard InChI is InChI=1S/C41H27N5/c1-3-10-31-26-34(22-16-28(31)8-1)45(35-23-17-29-9-2-4-11-32(29)27-35)33-20-18-30(19-21-33)40-44-38-14-7-25-43-41(38)46(40)39-15-5-13-37-36(39)12-6-24-42-37/h1-27H. The van der Waals surface area contributed by atoms with E-state index in [1.54, 1.807) is 0 Å². The van der Waals surface area contributed by atoms with Crippen molar-refractivity contribution in [3.8, 4) is 17.1 Å². The summed E-state index contributed by atoms with van der Waals surface area (Å²) in [5, 5.41) is 5.89. The third-order valence-corrected chi connectivity index (χ3v) is 8.65. The van der Waals surface area contributed by atoms with E-state index in [1.165, 1.54) is 21.5 Å². The Morgan fingerprint density at radius 1 is 0.457 bits per heavy atom. The molecule has 216 valence electrons. The van der Waals surface area contributed by atoms with Gasteiger partial charge in [-0.2, -0.15) is 0 Å². The molecule has 0 bridgehead atoms. The topological polar surface area (TPSA) is 46.8 Å². The van der Waals surface area contributed by atoms with Crippen molar-refractivity contribution >= 4 is 60.7 Å². The number of pyridine rings is 2. The van der Waals surface area contributed by atoms with Crippen LogP contribution < -0.4 is 4.90 Å². The average Bonchev–Trinajstić information content (AvgIpc) is 3.51. The van der Waals surface area contributed by atoms with Crippen LogP contribution in [0.3, 0.4) is 0 Å². The van der Waals surface area contributed by atoms with Crippen molar-refractivity contribution in [2.24, 2.45) is 0 Å². The molecule has 0 unspecified atom stereocenters. The Morgan fingerprint density at radius 3 is 1.78 bits per heavy atom. The van der Waals surface area contributed by atoms with E-state index < -0.39 is 0 Å². The number of hydrogen-bond donors (Lipinski definition) is 0. The molecule has 9 rings (SSSR count). The second kappa shape index (κ2) is 10.7. The van der Waals surface area contributed by atoms with Crippen LogP contribution in [0.2, 0.25) is 0 Å². The van der Waals surface area contributed by atoms with E-state index in [0.717, 1.165) is 56.2 Å². The van der Waals surface area contributed by atoms with Crippen molar-refractivity contribution in [2.75, 3.05) is 4.90 Å². The molecule has 46 heavy (non-hydrogen) atoms. The Morgan fingerprint density at radius 2 is 1.07 bits per heavy atom. The third-order valence-electron chi connectivity index (χ3n) is 8.65. The van der Waals surface area contributed by atoms with Gasteiger partial charge in [-0.1, -0.05) is 66.7 Å². The summed E-state index contributed by atoms with van der Waals surface area (Å²) in [5.41, 5.74) is 7.84. The van der Waals surface area contributed by atoms with Gasteiger partial charge in [0, 0.05) is 40.4 Å². The van der Waals surface area contributed by atoms with Gasteiger partial charge in [-0.3, -0.25) is 9.55 Å². The van der Waals surface area contributed by atoms with Crippen LogP contribution in [0, 0.1) is 0 Å². The second-order valence-electron chi connectivity index (χ2n) is 11.4. The molecule has 0 radical (unpaired) electrons. The summed E-state index contributed by atoms with van der Waals surface area (Å²) in [7, 11) is 0. The van der Waals surface area contributed by atoms with Gasteiger partial charge in [-0.25, -0.2) is 9.97 Å². The lowest BCUT2D eigenvalue weighted by Crippen LogP contribution is -2.10. The molecule has 0 aliphatic carbocycles. The summed E-state index contributed by atoms with van der Waals surface area (Å²) in [5.74, 6) is 0.833. The summed E-state index contributed by atoms with van der Waals surface area (Å²) in [4.78, 5) is 16.8. The number of aromatic nitrogens is 4. The SMILES string of the molecule is c1ccc2cc(N(c3ccc(-c4nc5cccnc5n4-c4cccc5ncccc45)cc3)c3ccc4ccccc4c3)ccc2c1. The number of anilines is 3. The van der Waals surface area contributed by atoms with Crippen LogP contribution in [-0.2, 0) is 0 Å². The van der Waals surface area contributed by atoms with Gasteiger partial charge in [0.25, 0.3) is 0 Å². The minimum absolute atomic E-state index is 0.812. The predicted octanol–water partition coefficient (Wildman–Crippen LogP) is 10.4. The molecular weight excluding hydrogens is 562 g/mol. The lowest BCUT2D eigenvalue weighted by atomic mass is 10.1. The van der Waals surface area contributed by atoms with Crippen LogP contribution in [0.15, 0.2) is 164 Å². The summed E-state index contributed by atoms with van der Waals surface area (Å²) >= 11 is 0. The zero-order chi connectivity index (χ0) is 30.5. The molecule has 0 saturated carbocycles. The Labute approximate surface area is 265 Å². The number of fused-ring (bicyclic) bond motifs is 4.